The molecular formula is C5H6Cl3NO2. The maximum absolute atomic E-state index is 10.5. The van der Waals surface area contributed by atoms with Gasteiger partial charge in [-0.1, -0.05) is 41.4 Å². The number of carbonyl (C=O) groups is 1. The van der Waals surface area contributed by atoms with Crippen molar-refractivity contribution in [3.8, 4) is 0 Å². The molecule has 0 aromatic carbocycles. The Hall–Kier alpha value is 0.0400. The van der Waals surface area contributed by atoms with Crippen LogP contribution < -0.4 is 5.32 Å². The second-order valence-electron chi connectivity index (χ2n) is 1.66. The van der Waals surface area contributed by atoms with E-state index in [0.717, 1.165) is 6.08 Å². The van der Waals surface area contributed by atoms with Crippen molar-refractivity contribution in [2.75, 3.05) is 0 Å². The highest BCUT2D eigenvalue weighted by Crippen LogP contribution is 2.28. The van der Waals surface area contributed by atoms with Gasteiger partial charge in [-0.15, -0.1) is 0 Å². The minimum Gasteiger partial charge on any atom is -0.369 e. The number of hydrogen-bond acceptors (Lipinski definition) is 2. The lowest BCUT2D eigenvalue weighted by molar-refractivity contribution is -0.119. The van der Waals surface area contributed by atoms with Crippen LogP contribution in [0.2, 0.25) is 0 Å². The quantitative estimate of drug-likeness (QED) is 0.412. The van der Waals surface area contributed by atoms with Crippen molar-refractivity contribution in [3.63, 3.8) is 0 Å². The Kier molecular flexibility index (Phi) is 4.18. The molecule has 0 aliphatic heterocycles. The van der Waals surface area contributed by atoms with E-state index in [-0.39, 0.29) is 0 Å². The number of hydrogen-bond donors (Lipinski definition) is 2. The van der Waals surface area contributed by atoms with Gasteiger partial charge >= 0.3 is 0 Å². The lowest BCUT2D eigenvalue weighted by Gasteiger charge is -2.18. The number of rotatable bonds is 2. The molecule has 0 aromatic rings. The number of carbonyl (C=O) groups excluding carboxylic acids is 1. The van der Waals surface area contributed by atoms with Gasteiger partial charge in [0.2, 0.25) is 9.70 Å². The fourth-order valence-electron chi connectivity index (χ4n) is 0.276. The van der Waals surface area contributed by atoms with Crippen LogP contribution in [0.25, 0.3) is 0 Å². The highest BCUT2D eigenvalue weighted by molar-refractivity contribution is 6.68. The summed E-state index contributed by atoms with van der Waals surface area (Å²) in [5, 5.41) is 10.9. The zero-order valence-corrected chi connectivity index (χ0v) is 7.62. The van der Waals surface area contributed by atoms with E-state index in [4.69, 9.17) is 39.9 Å². The van der Waals surface area contributed by atoms with Gasteiger partial charge in [-0.3, -0.25) is 4.79 Å². The van der Waals surface area contributed by atoms with Crippen LogP contribution in [0.1, 0.15) is 0 Å². The second kappa shape index (κ2) is 4.16. The summed E-state index contributed by atoms with van der Waals surface area (Å²) in [5.74, 6) is -0.608. The molecule has 2 N–H and O–H groups in total. The van der Waals surface area contributed by atoms with E-state index in [2.05, 4.69) is 6.58 Å². The number of halogens is 3. The first kappa shape index (κ1) is 11.0. The SMILES string of the molecule is C=CC(=O)NC(O)C(Cl)(Cl)Cl. The Morgan fingerprint density at radius 2 is 2.09 bits per heavy atom. The van der Waals surface area contributed by atoms with Crippen molar-refractivity contribution in [3.05, 3.63) is 12.7 Å². The summed E-state index contributed by atoms with van der Waals surface area (Å²) < 4.78 is -1.92. The first-order valence-corrected chi connectivity index (χ1v) is 3.69. The van der Waals surface area contributed by atoms with Gasteiger partial charge < -0.3 is 10.4 Å². The number of aliphatic hydroxyl groups excluding tert-OH is 1. The molecule has 0 aliphatic carbocycles. The van der Waals surface area contributed by atoms with Gasteiger partial charge in [0, 0.05) is 0 Å². The summed E-state index contributed by atoms with van der Waals surface area (Å²) in [5.41, 5.74) is 0. The Bertz CT molecular complexity index is 166. The van der Waals surface area contributed by atoms with Gasteiger partial charge in [-0.2, -0.15) is 0 Å². The highest BCUT2D eigenvalue weighted by Gasteiger charge is 2.31. The molecule has 0 bridgehead atoms. The molecule has 11 heavy (non-hydrogen) atoms. The minimum absolute atomic E-state index is 0.608. The summed E-state index contributed by atoms with van der Waals surface area (Å²) in [4.78, 5) is 10.5. The van der Waals surface area contributed by atoms with Gasteiger partial charge in [0.05, 0.1) is 0 Å². The molecule has 0 rings (SSSR count). The standard InChI is InChI=1S/C5H6Cl3NO2/c1-2-3(10)9-4(11)5(6,7)8/h2,4,11H,1H2,(H,9,10). The van der Waals surface area contributed by atoms with E-state index in [9.17, 15) is 4.79 Å². The molecule has 0 saturated carbocycles. The third kappa shape index (κ3) is 4.48. The molecule has 0 fully saturated rings. The van der Waals surface area contributed by atoms with Crippen molar-refractivity contribution < 1.29 is 9.90 Å². The van der Waals surface area contributed by atoms with E-state index in [1.54, 1.807) is 0 Å². The third-order valence-electron chi connectivity index (χ3n) is 0.774. The normalized spacial score (nSPS) is 13.8. The molecular weight excluding hydrogens is 212 g/mol. The van der Waals surface area contributed by atoms with Crippen molar-refractivity contribution >= 4 is 40.7 Å². The molecule has 0 radical (unpaired) electrons. The predicted molar refractivity (Wildman–Crippen MR) is 44.6 cm³/mol. The van der Waals surface area contributed by atoms with Crippen LogP contribution in [0.3, 0.4) is 0 Å². The molecule has 1 amide bonds. The summed E-state index contributed by atoms with van der Waals surface area (Å²) in [6.45, 7) is 3.14. The molecule has 0 spiro atoms. The zero-order chi connectivity index (χ0) is 9.07. The number of aliphatic hydroxyl groups is 1. The molecule has 0 aliphatic rings. The van der Waals surface area contributed by atoms with E-state index >= 15 is 0 Å². The van der Waals surface area contributed by atoms with E-state index in [1.165, 1.54) is 0 Å². The Morgan fingerprint density at radius 3 is 2.36 bits per heavy atom. The molecule has 1 atom stereocenters. The van der Waals surface area contributed by atoms with Gasteiger partial charge in [0.25, 0.3) is 0 Å². The van der Waals surface area contributed by atoms with E-state index < -0.39 is 15.9 Å². The molecule has 64 valence electrons. The smallest absolute Gasteiger partial charge is 0.245 e. The Morgan fingerprint density at radius 1 is 1.64 bits per heavy atom. The number of alkyl halides is 3. The number of amides is 1. The maximum Gasteiger partial charge on any atom is 0.245 e. The lowest BCUT2D eigenvalue weighted by atomic mass is 10.5. The van der Waals surface area contributed by atoms with Crippen LogP contribution in [0.4, 0.5) is 0 Å². The van der Waals surface area contributed by atoms with Crippen LogP contribution in [0.15, 0.2) is 12.7 Å². The lowest BCUT2D eigenvalue weighted by Crippen LogP contribution is -2.42. The fraction of sp³-hybridized carbons (Fsp3) is 0.400. The van der Waals surface area contributed by atoms with Gasteiger partial charge in [0.15, 0.2) is 6.23 Å². The summed E-state index contributed by atoms with van der Waals surface area (Å²) in [7, 11) is 0. The average Bonchev–Trinajstić information content (AvgIpc) is 1.85. The molecule has 0 saturated heterocycles. The third-order valence-corrected chi connectivity index (χ3v) is 1.39. The van der Waals surface area contributed by atoms with Gasteiger partial charge in [-0.05, 0) is 6.08 Å². The van der Waals surface area contributed by atoms with Crippen LogP contribution in [0.5, 0.6) is 0 Å². The average molecular weight is 218 g/mol. The first-order valence-electron chi connectivity index (χ1n) is 2.55. The molecule has 3 nitrogen and oxygen atoms in total. The van der Waals surface area contributed by atoms with Crippen molar-refractivity contribution in [1.82, 2.24) is 5.32 Å². The Balaban J connectivity index is 3.97. The van der Waals surface area contributed by atoms with Gasteiger partial charge in [0.1, 0.15) is 0 Å². The van der Waals surface area contributed by atoms with Crippen molar-refractivity contribution in [2.24, 2.45) is 0 Å². The van der Waals surface area contributed by atoms with E-state index in [0.29, 0.717) is 0 Å². The van der Waals surface area contributed by atoms with Crippen LogP contribution in [-0.4, -0.2) is 21.0 Å². The fourth-order valence-corrected chi connectivity index (χ4v) is 0.439. The largest absolute Gasteiger partial charge is 0.369 e. The molecule has 0 aromatic heterocycles. The Labute approximate surface area is 78.9 Å². The zero-order valence-electron chi connectivity index (χ0n) is 5.35. The van der Waals surface area contributed by atoms with Crippen LogP contribution in [-0.2, 0) is 4.79 Å². The maximum atomic E-state index is 10.5. The monoisotopic (exact) mass is 217 g/mol. The minimum atomic E-state index is -1.92. The summed E-state index contributed by atoms with van der Waals surface area (Å²) >= 11 is 15.6. The van der Waals surface area contributed by atoms with E-state index in [1.807, 2.05) is 5.32 Å². The molecule has 6 heteroatoms. The predicted octanol–water partition coefficient (Wildman–Crippen LogP) is 0.977. The summed E-state index contributed by atoms with van der Waals surface area (Å²) in [6.07, 6.45) is -0.572. The molecule has 1 unspecified atom stereocenters. The first-order chi connectivity index (χ1) is 4.88. The van der Waals surface area contributed by atoms with Crippen LogP contribution >= 0.6 is 34.8 Å². The topological polar surface area (TPSA) is 49.3 Å². The highest BCUT2D eigenvalue weighted by atomic mass is 35.6. The second-order valence-corrected chi connectivity index (χ2v) is 4.03. The van der Waals surface area contributed by atoms with Crippen molar-refractivity contribution in [2.45, 2.75) is 10.0 Å². The van der Waals surface area contributed by atoms with Gasteiger partial charge in [-0.25, -0.2) is 0 Å². The number of nitrogens with one attached hydrogen (secondary N) is 1. The van der Waals surface area contributed by atoms with Crippen molar-refractivity contribution in [1.29, 1.82) is 0 Å². The van der Waals surface area contributed by atoms with Crippen LogP contribution in [0, 0.1) is 0 Å². The summed E-state index contributed by atoms with van der Waals surface area (Å²) in [6, 6.07) is 0. The molecule has 0 heterocycles.